The molecular weight excluding hydrogens is 321 g/mol. The summed E-state index contributed by atoms with van der Waals surface area (Å²) in [5.74, 6) is 0.895. The van der Waals surface area contributed by atoms with Gasteiger partial charge in [0.2, 0.25) is 0 Å². The van der Waals surface area contributed by atoms with Gasteiger partial charge in [0.25, 0.3) is 0 Å². The second-order valence-corrected chi connectivity index (χ2v) is 8.69. The van der Waals surface area contributed by atoms with E-state index in [0.29, 0.717) is 0 Å². The van der Waals surface area contributed by atoms with E-state index in [1.165, 1.54) is 128 Å². The lowest BCUT2D eigenvalue weighted by Gasteiger charge is -2.05. The summed E-state index contributed by atoms with van der Waals surface area (Å²) in [5, 5.41) is 0. The van der Waals surface area contributed by atoms with E-state index < -0.39 is 0 Å². The van der Waals surface area contributed by atoms with Crippen LogP contribution in [0.15, 0.2) is 0 Å². The number of hydrogen-bond donors (Lipinski definition) is 1. The lowest BCUT2D eigenvalue weighted by Crippen LogP contribution is -1.97. The summed E-state index contributed by atoms with van der Waals surface area (Å²) in [5.41, 5.74) is 5.51. The van der Waals surface area contributed by atoms with Crippen LogP contribution in [0, 0.1) is 5.92 Å². The van der Waals surface area contributed by atoms with Crippen LogP contribution in [0.25, 0.3) is 0 Å². The van der Waals surface area contributed by atoms with Crippen LogP contribution in [-0.2, 0) is 0 Å². The van der Waals surface area contributed by atoms with Crippen molar-refractivity contribution in [1.82, 2.24) is 0 Å². The summed E-state index contributed by atoms with van der Waals surface area (Å²) >= 11 is 0. The molecule has 0 aliphatic rings. The second-order valence-electron chi connectivity index (χ2n) is 8.69. The SMILES string of the molecule is CC(C)CCCCCCCCCCCCCCCCCCCCCN.F. The van der Waals surface area contributed by atoms with Gasteiger partial charge in [0.1, 0.15) is 0 Å². The first-order valence-corrected chi connectivity index (χ1v) is 12.0. The molecule has 0 bridgehead atoms. The first-order valence-electron chi connectivity index (χ1n) is 12.0. The molecule has 0 saturated heterocycles. The topological polar surface area (TPSA) is 26.0 Å². The van der Waals surface area contributed by atoms with Crippen LogP contribution in [0.1, 0.15) is 142 Å². The van der Waals surface area contributed by atoms with Gasteiger partial charge < -0.3 is 5.73 Å². The molecule has 0 amide bonds. The Kier molecular flexibility index (Phi) is 26.9. The molecule has 0 unspecified atom stereocenters. The molecule has 0 aromatic carbocycles. The zero-order valence-corrected chi connectivity index (χ0v) is 18.4. The van der Waals surface area contributed by atoms with E-state index in [1.807, 2.05) is 0 Å². The van der Waals surface area contributed by atoms with Crippen LogP contribution in [0.4, 0.5) is 4.70 Å². The van der Waals surface area contributed by atoms with E-state index in [9.17, 15) is 0 Å². The van der Waals surface area contributed by atoms with Crippen molar-refractivity contribution in [2.75, 3.05) is 6.54 Å². The molecule has 2 heteroatoms. The molecule has 0 atom stereocenters. The van der Waals surface area contributed by atoms with Gasteiger partial charge in [0, 0.05) is 0 Å². The van der Waals surface area contributed by atoms with Crippen LogP contribution in [0.2, 0.25) is 0 Å². The molecule has 1 nitrogen and oxygen atoms in total. The van der Waals surface area contributed by atoms with Gasteiger partial charge in [0.15, 0.2) is 0 Å². The largest absolute Gasteiger partial charge is 0.330 e. The Bertz CT molecular complexity index is 230. The fraction of sp³-hybridized carbons (Fsp3) is 1.00. The van der Waals surface area contributed by atoms with Crippen LogP contribution in [-0.4, -0.2) is 6.54 Å². The van der Waals surface area contributed by atoms with Gasteiger partial charge >= 0.3 is 0 Å². The number of rotatable bonds is 21. The molecule has 0 radical (unpaired) electrons. The maximum atomic E-state index is 5.51. The van der Waals surface area contributed by atoms with Gasteiger partial charge in [-0.05, 0) is 18.9 Å². The summed E-state index contributed by atoms with van der Waals surface area (Å²) in [6.07, 6.45) is 28.9. The third-order valence-electron chi connectivity index (χ3n) is 5.49. The predicted octanol–water partition coefficient (Wildman–Crippen LogP) is 8.56. The molecule has 0 aromatic rings. The Morgan fingerprint density at radius 2 is 0.654 bits per heavy atom. The molecule has 0 fully saturated rings. The van der Waals surface area contributed by atoms with Gasteiger partial charge in [0.05, 0.1) is 0 Å². The van der Waals surface area contributed by atoms with Crippen molar-refractivity contribution in [2.24, 2.45) is 11.7 Å². The molecule has 0 rings (SSSR count). The van der Waals surface area contributed by atoms with Crippen molar-refractivity contribution in [3.63, 3.8) is 0 Å². The monoisotopic (exact) mass is 373 g/mol. The highest BCUT2D eigenvalue weighted by Gasteiger charge is 1.96. The third-order valence-corrected chi connectivity index (χ3v) is 5.49. The lowest BCUT2D eigenvalue weighted by atomic mass is 10.0. The first-order chi connectivity index (χ1) is 12.3. The van der Waals surface area contributed by atoms with E-state index in [4.69, 9.17) is 5.73 Å². The van der Waals surface area contributed by atoms with Gasteiger partial charge in [-0.2, -0.15) is 0 Å². The summed E-state index contributed by atoms with van der Waals surface area (Å²) in [6, 6.07) is 0. The Balaban J connectivity index is 0. The quantitative estimate of drug-likeness (QED) is 0.200. The average molecular weight is 374 g/mol. The Labute approximate surface area is 165 Å². The van der Waals surface area contributed by atoms with Crippen molar-refractivity contribution in [1.29, 1.82) is 0 Å². The number of halogens is 1. The van der Waals surface area contributed by atoms with Crippen molar-refractivity contribution < 1.29 is 4.70 Å². The van der Waals surface area contributed by atoms with Gasteiger partial charge in [-0.1, -0.05) is 136 Å². The maximum Gasteiger partial charge on any atom is -0.00773 e. The molecule has 2 N–H and O–H groups in total. The number of hydrogen-bond acceptors (Lipinski definition) is 1. The van der Waals surface area contributed by atoms with Crippen molar-refractivity contribution >= 4 is 0 Å². The maximum absolute atomic E-state index is 5.51. The van der Waals surface area contributed by atoms with Crippen LogP contribution >= 0.6 is 0 Å². The highest BCUT2D eigenvalue weighted by Crippen LogP contribution is 2.15. The lowest BCUT2D eigenvalue weighted by molar-refractivity contribution is 0.501. The van der Waals surface area contributed by atoms with Crippen LogP contribution < -0.4 is 5.73 Å². The fourth-order valence-electron chi connectivity index (χ4n) is 3.70. The fourth-order valence-corrected chi connectivity index (χ4v) is 3.70. The third kappa shape index (κ3) is 26.1. The van der Waals surface area contributed by atoms with Crippen LogP contribution in [0.5, 0.6) is 0 Å². The number of unbranched alkanes of at least 4 members (excludes halogenated alkanes) is 18. The van der Waals surface area contributed by atoms with E-state index >= 15 is 0 Å². The van der Waals surface area contributed by atoms with E-state index in [0.717, 1.165) is 12.5 Å². The molecule has 26 heavy (non-hydrogen) atoms. The Morgan fingerprint density at radius 1 is 0.423 bits per heavy atom. The minimum atomic E-state index is 0. The van der Waals surface area contributed by atoms with E-state index in [2.05, 4.69) is 13.8 Å². The minimum Gasteiger partial charge on any atom is -0.330 e. The highest BCUT2D eigenvalue weighted by molar-refractivity contribution is 4.51. The molecule has 0 spiro atoms. The smallest absolute Gasteiger partial charge is 0.00773 e. The van der Waals surface area contributed by atoms with Crippen molar-refractivity contribution in [2.45, 2.75) is 142 Å². The Hall–Kier alpha value is -0.110. The first kappa shape index (κ1) is 28.1. The van der Waals surface area contributed by atoms with Gasteiger partial charge in [-0.3, -0.25) is 4.70 Å². The standard InChI is InChI=1S/C24H51N.FH/c1-24(2)22-20-18-16-14-12-10-8-6-4-3-5-7-9-11-13-15-17-19-21-23-25;/h24H,3-23,25H2,1-2H3;1H. The van der Waals surface area contributed by atoms with E-state index in [1.54, 1.807) is 0 Å². The van der Waals surface area contributed by atoms with Crippen molar-refractivity contribution in [3.8, 4) is 0 Å². The van der Waals surface area contributed by atoms with E-state index in [-0.39, 0.29) is 4.70 Å². The van der Waals surface area contributed by atoms with Crippen LogP contribution in [0.3, 0.4) is 0 Å². The second kappa shape index (κ2) is 24.9. The molecule has 0 saturated carbocycles. The van der Waals surface area contributed by atoms with Crippen molar-refractivity contribution in [3.05, 3.63) is 0 Å². The zero-order chi connectivity index (χ0) is 18.4. The molecule has 0 aliphatic heterocycles. The highest BCUT2D eigenvalue weighted by atomic mass is 19.0. The molecule has 160 valence electrons. The van der Waals surface area contributed by atoms with Gasteiger partial charge in [-0.25, -0.2) is 0 Å². The molecular formula is C24H52FN. The molecule has 0 aliphatic carbocycles. The summed E-state index contributed by atoms with van der Waals surface area (Å²) in [4.78, 5) is 0. The summed E-state index contributed by atoms with van der Waals surface area (Å²) in [7, 11) is 0. The van der Waals surface area contributed by atoms with Gasteiger partial charge in [-0.15, -0.1) is 0 Å². The number of nitrogens with two attached hydrogens (primary N) is 1. The summed E-state index contributed by atoms with van der Waals surface area (Å²) < 4.78 is 0. The zero-order valence-electron chi connectivity index (χ0n) is 18.4. The predicted molar refractivity (Wildman–Crippen MR) is 119 cm³/mol. The summed E-state index contributed by atoms with van der Waals surface area (Å²) in [6.45, 7) is 5.55. The minimum absolute atomic E-state index is 0. The molecule has 0 aromatic heterocycles. The Morgan fingerprint density at radius 3 is 0.885 bits per heavy atom. The average Bonchev–Trinajstić information content (AvgIpc) is 2.60. The molecule has 0 heterocycles. The normalized spacial score (nSPS) is 11.1.